The van der Waals surface area contributed by atoms with Gasteiger partial charge in [-0.05, 0) is 38.0 Å². The van der Waals surface area contributed by atoms with Crippen molar-refractivity contribution in [3.63, 3.8) is 0 Å². The van der Waals surface area contributed by atoms with E-state index in [2.05, 4.69) is 20.8 Å². The van der Waals surface area contributed by atoms with Crippen LogP contribution in [0.2, 0.25) is 0 Å². The fourth-order valence-corrected chi connectivity index (χ4v) is 5.46. The number of unbranched alkanes of at least 4 members (excludes halogenated alkanes) is 4. The second kappa shape index (κ2) is 8.55. The van der Waals surface area contributed by atoms with Gasteiger partial charge in [0.05, 0.1) is 30.4 Å². The molecular formula is C23H31N3O3S. The Morgan fingerprint density at radius 2 is 2.00 bits per heavy atom. The van der Waals surface area contributed by atoms with E-state index in [1.54, 1.807) is 22.2 Å². The highest BCUT2D eigenvalue weighted by atomic mass is 32.1. The number of thiophene rings is 1. The van der Waals surface area contributed by atoms with E-state index in [-0.39, 0.29) is 23.3 Å². The van der Waals surface area contributed by atoms with Crippen LogP contribution < -0.4 is 11.2 Å². The highest BCUT2D eigenvalue weighted by Crippen LogP contribution is 2.37. The number of furan rings is 1. The van der Waals surface area contributed by atoms with E-state index in [0.717, 1.165) is 34.4 Å². The first-order valence-electron chi connectivity index (χ1n) is 10.9. The topological polar surface area (TPSA) is 73.2 Å². The fourth-order valence-electron chi connectivity index (χ4n) is 4.21. The van der Waals surface area contributed by atoms with Crippen LogP contribution in [-0.4, -0.2) is 14.7 Å². The minimum atomic E-state index is -0.263. The molecule has 0 spiro atoms. The quantitative estimate of drug-likeness (QED) is 0.522. The summed E-state index contributed by atoms with van der Waals surface area (Å²) in [6, 6.07) is 3.67. The first-order chi connectivity index (χ1) is 14.4. The Bertz CT molecular complexity index is 1140. The number of fused-ring (bicyclic) bond motifs is 3. The lowest BCUT2D eigenvalue weighted by molar-refractivity contribution is -0.0379. The molecule has 0 unspecified atom stereocenters. The molecule has 0 amide bonds. The van der Waals surface area contributed by atoms with Gasteiger partial charge in [-0.2, -0.15) is 0 Å². The van der Waals surface area contributed by atoms with Gasteiger partial charge in [0.2, 0.25) is 0 Å². The van der Waals surface area contributed by atoms with Crippen LogP contribution in [0, 0.1) is 5.41 Å². The van der Waals surface area contributed by atoms with Crippen LogP contribution in [-0.2, 0) is 30.9 Å². The lowest BCUT2D eigenvalue weighted by Gasteiger charge is -2.30. The van der Waals surface area contributed by atoms with Crippen molar-refractivity contribution in [1.82, 2.24) is 9.13 Å². The summed E-state index contributed by atoms with van der Waals surface area (Å²) >= 11 is 1.62. The van der Waals surface area contributed by atoms with Gasteiger partial charge in [0, 0.05) is 17.8 Å². The number of rotatable bonds is 8. The smallest absolute Gasteiger partial charge is 0.331 e. The molecular weight excluding hydrogens is 398 g/mol. The molecule has 1 aliphatic rings. The van der Waals surface area contributed by atoms with E-state index in [0.29, 0.717) is 18.9 Å². The molecule has 6 nitrogen and oxygen atoms in total. The average Bonchev–Trinajstić information content (AvgIpc) is 3.34. The SMILES string of the molecule is CCCCCCCn1c(=O)n(Cc2ccco2)c(=N)c2c3c(sc21)COC(C)(C)C3. The highest BCUT2D eigenvalue weighted by molar-refractivity contribution is 7.18. The third-order valence-corrected chi connectivity index (χ3v) is 7.09. The molecule has 0 fully saturated rings. The van der Waals surface area contributed by atoms with Gasteiger partial charge in [0.25, 0.3) is 0 Å². The number of ether oxygens (including phenoxy) is 1. The lowest BCUT2D eigenvalue weighted by atomic mass is 9.94. The van der Waals surface area contributed by atoms with Gasteiger partial charge in [-0.15, -0.1) is 11.3 Å². The molecule has 1 aliphatic heterocycles. The minimum absolute atomic E-state index is 0.127. The van der Waals surface area contributed by atoms with Crippen molar-refractivity contribution in [3.8, 4) is 0 Å². The van der Waals surface area contributed by atoms with Gasteiger partial charge in [0.15, 0.2) is 0 Å². The summed E-state index contributed by atoms with van der Waals surface area (Å²) in [6.07, 6.45) is 8.07. The maximum atomic E-state index is 13.4. The Morgan fingerprint density at radius 3 is 2.73 bits per heavy atom. The number of nitrogens with one attached hydrogen (secondary N) is 1. The van der Waals surface area contributed by atoms with Gasteiger partial charge in [0.1, 0.15) is 16.1 Å². The molecule has 0 radical (unpaired) electrons. The van der Waals surface area contributed by atoms with Crippen LogP contribution in [0.25, 0.3) is 10.2 Å². The predicted molar refractivity (Wildman–Crippen MR) is 119 cm³/mol. The summed E-state index contributed by atoms with van der Waals surface area (Å²) in [6.45, 7) is 7.89. The van der Waals surface area contributed by atoms with E-state index in [4.69, 9.17) is 14.6 Å². The molecule has 162 valence electrons. The summed E-state index contributed by atoms with van der Waals surface area (Å²) in [4.78, 5) is 15.5. The first kappa shape index (κ1) is 21.1. The molecule has 4 rings (SSSR count). The van der Waals surface area contributed by atoms with Crippen molar-refractivity contribution in [1.29, 1.82) is 5.41 Å². The lowest BCUT2D eigenvalue weighted by Crippen LogP contribution is -2.40. The van der Waals surface area contributed by atoms with Gasteiger partial charge in [-0.1, -0.05) is 32.6 Å². The molecule has 1 N–H and O–H groups in total. The zero-order chi connectivity index (χ0) is 21.3. The van der Waals surface area contributed by atoms with Crippen LogP contribution in [0.5, 0.6) is 0 Å². The van der Waals surface area contributed by atoms with Crippen LogP contribution >= 0.6 is 11.3 Å². The van der Waals surface area contributed by atoms with E-state index in [1.807, 2.05) is 16.7 Å². The summed E-state index contributed by atoms with van der Waals surface area (Å²) < 4.78 is 14.9. The van der Waals surface area contributed by atoms with E-state index in [1.165, 1.54) is 24.8 Å². The molecule has 0 aliphatic carbocycles. The van der Waals surface area contributed by atoms with E-state index >= 15 is 0 Å². The third kappa shape index (κ3) is 4.05. The zero-order valence-electron chi connectivity index (χ0n) is 18.1. The van der Waals surface area contributed by atoms with Crippen LogP contribution in [0.4, 0.5) is 0 Å². The number of hydrogen-bond donors (Lipinski definition) is 1. The van der Waals surface area contributed by atoms with Crippen molar-refractivity contribution < 1.29 is 9.15 Å². The van der Waals surface area contributed by atoms with Crippen LogP contribution in [0.1, 0.15) is 69.1 Å². The Kier molecular flexibility index (Phi) is 6.02. The Morgan fingerprint density at radius 1 is 1.20 bits per heavy atom. The summed E-state index contributed by atoms with van der Waals surface area (Å²) in [5, 5.41) is 9.82. The Balaban J connectivity index is 1.82. The van der Waals surface area contributed by atoms with Crippen LogP contribution in [0.3, 0.4) is 0 Å². The summed E-state index contributed by atoms with van der Waals surface area (Å²) in [5.74, 6) is 0.687. The van der Waals surface area contributed by atoms with Crippen molar-refractivity contribution in [2.24, 2.45) is 0 Å². The number of aryl methyl sites for hydroxylation is 1. The molecule has 0 atom stereocenters. The standard InChI is InChI=1S/C23H31N3O3S/c1-4-5-6-7-8-11-25-21-19(17-13-23(2,3)29-15-18(17)30-21)20(24)26(22(25)27)14-16-10-9-12-28-16/h9-10,12,24H,4-8,11,13-15H2,1-3H3. The first-order valence-corrected chi connectivity index (χ1v) is 11.7. The second-order valence-corrected chi connectivity index (χ2v) is 9.86. The molecule has 3 aromatic heterocycles. The predicted octanol–water partition coefficient (Wildman–Crippen LogP) is 4.81. The van der Waals surface area contributed by atoms with Crippen molar-refractivity contribution in [2.75, 3.05) is 0 Å². The maximum Gasteiger partial charge on any atom is 0.331 e. The highest BCUT2D eigenvalue weighted by Gasteiger charge is 2.31. The molecule has 0 bridgehead atoms. The Hall–Kier alpha value is -2.12. The summed E-state index contributed by atoms with van der Waals surface area (Å²) in [7, 11) is 0. The molecule has 3 aromatic rings. The maximum absolute atomic E-state index is 13.4. The molecule has 4 heterocycles. The number of nitrogens with zero attached hydrogens (tertiary/aromatic N) is 2. The van der Waals surface area contributed by atoms with Gasteiger partial charge in [-0.3, -0.25) is 14.5 Å². The second-order valence-electron chi connectivity index (χ2n) is 8.77. The van der Waals surface area contributed by atoms with Gasteiger partial charge in [-0.25, -0.2) is 4.79 Å². The van der Waals surface area contributed by atoms with Gasteiger partial charge >= 0.3 is 5.69 Å². The van der Waals surface area contributed by atoms with Crippen molar-refractivity contribution in [3.05, 3.63) is 50.6 Å². The minimum Gasteiger partial charge on any atom is -0.467 e. The fraction of sp³-hybridized carbons (Fsp3) is 0.565. The van der Waals surface area contributed by atoms with E-state index < -0.39 is 0 Å². The van der Waals surface area contributed by atoms with E-state index in [9.17, 15) is 4.79 Å². The molecule has 0 saturated carbocycles. The molecule has 0 aromatic carbocycles. The molecule has 7 heteroatoms. The van der Waals surface area contributed by atoms with Crippen molar-refractivity contribution >= 4 is 21.6 Å². The largest absolute Gasteiger partial charge is 0.467 e. The average molecular weight is 430 g/mol. The zero-order valence-corrected chi connectivity index (χ0v) is 18.9. The normalized spacial score (nSPS) is 15.6. The van der Waals surface area contributed by atoms with Crippen LogP contribution in [0.15, 0.2) is 27.6 Å². The monoisotopic (exact) mass is 429 g/mol. The third-order valence-electron chi connectivity index (χ3n) is 5.86. The molecule has 30 heavy (non-hydrogen) atoms. The number of hydrogen-bond acceptors (Lipinski definition) is 5. The Labute approximate surface area is 180 Å². The summed E-state index contributed by atoms with van der Waals surface area (Å²) in [5.41, 5.74) is 1.06. The molecule has 0 saturated heterocycles. The van der Waals surface area contributed by atoms with Crippen molar-refractivity contribution in [2.45, 2.75) is 84.6 Å². The van der Waals surface area contributed by atoms with Gasteiger partial charge < -0.3 is 9.15 Å². The number of aromatic nitrogens is 2.